The van der Waals surface area contributed by atoms with Crippen LogP contribution in [-0.2, 0) is 0 Å². The second kappa shape index (κ2) is 5.03. The molecular weight excluding hydrogens is 238 g/mol. The quantitative estimate of drug-likeness (QED) is 0.648. The number of benzene rings is 1. The minimum absolute atomic E-state index is 0.464. The predicted octanol–water partition coefficient (Wildman–Crippen LogP) is 3.12. The number of anilines is 1. The summed E-state index contributed by atoms with van der Waals surface area (Å²) in [5.74, 6) is 6.96. The average molecular weight is 250 g/mol. The van der Waals surface area contributed by atoms with Crippen molar-refractivity contribution in [2.75, 3.05) is 5.43 Å². The number of aryl methyl sites for hydroxylation is 1. The lowest BCUT2D eigenvalue weighted by atomic mass is 10.2. The van der Waals surface area contributed by atoms with E-state index in [1.54, 1.807) is 24.3 Å². The Morgan fingerprint density at radius 2 is 2.12 bits per heavy atom. The van der Waals surface area contributed by atoms with Gasteiger partial charge in [-0.25, -0.2) is 5.84 Å². The van der Waals surface area contributed by atoms with E-state index in [2.05, 4.69) is 10.4 Å². The lowest BCUT2D eigenvalue weighted by molar-refractivity contribution is 0.460. The summed E-state index contributed by atoms with van der Waals surface area (Å²) in [6, 6.07) is 10.8. The zero-order valence-corrected chi connectivity index (χ0v) is 10.0. The minimum Gasteiger partial charge on any atom is -0.439 e. The van der Waals surface area contributed by atoms with Crippen LogP contribution < -0.4 is 16.0 Å². The van der Waals surface area contributed by atoms with E-state index in [4.69, 9.17) is 22.2 Å². The van der Waals surface area contributed by atoms with Gasteiger partial charge in [-0.15, -0.1) is 0 Å². The van der Waals surface area contributed by atoms with Crippen molar-refractivity contribution < 1.29 is 4.74 Å². The molecule has 1 heterocycles. The highest BCUT2D eigenvalue weighted by atomic mass is 35.5. The van der Waals surface area contributed by atoms with Gasteiger partial charge in [0.25, 0.3) is 0 Å². The topological polar surface area (TPSA) is 60.2 Å². The van der Waals surface area contributed by atoms with E-state index >= 15 is 0 Å². The maximum Gasteiger partial charge on any atom is 0.221 e. The van der Waals surface area contributed by atoms with Crippen molar-refractivity contribution in [2.24, 2.45) is 5.84 Å². The molecule has 0 radical (unpaired) electrons. The molecule has 1 aromatic carbocycles. The first-order valence-electron chi connectivity index (χ1n) is 5.07. The molecule has 0 aliphatic carbocycles. The van der Waals surface area contributed by atoms with Gasteiger partial charge in [0.05, 0.1) is 0 Å². The molecule has 4 nitrogen and oxygen atoms in total. The van der Waals surface area contributed by atoms with Gasteiger partial charge in [-0.2, -0.15) is 4.98 Å². The number of nitrogens with one attached hydrogen (secondary N) is 1. The van der Waals surface area contributed by atoms with E-state index in [0.29, 0.717) is 22.5 Å². The maximum atomic E-state index is 5.91. The van der Waals surface area contributed by atoms with E-state index in [0.717, 1.165) is 5.56 Å². The highest BCUT2D eigenvalue weighted by molar-refractivity contribution is 6.30. The molecule has 17 heavy (non-hydrogen) atoms. The summed E-state index contributed by atoms with van der Waals surface area (Å²) < 4.78 is 5.64. The summed E-state index contributed by atoms with van der Waals surface area (Å²) in [6.07, 6.45) is 0. The van der Waals surface area contributed by atoms with Crippen LogP contribution in [0.2, 0.25) is 5.02 Å². The summed E-state index contributed by atoms with van der Waals surface area (Å²) >= 11 is 5.91. The van der Waals surface area contributed by atoms with Crippen molar-refractivity contribution in [2.45, 2.75) is 6.92 Å². The fourth-order valence-corrected chi connectivity index (χ4v) is 1.51. The smallest absolute Gasteiger partial charge is 0.221 e. The van der Waals surface area contributed by atoms with Crippen molar-refractivity contribution in [3.05, 3.63) is 47.0 Å². The third kappa shape index (κ3) is 2.87. The number of rotatable bonds is 3. The van der Waals surface area contributed by atoms with Gasteiger partial charge in [-0.05, 0) is 30.7 Å². The first-order valence-corrected chi connectivity index (χ1v) is 5.44. The van der Waals surface area contributed by atoms with E-state index in [1.807, 2.05) is 19.1 Å². The van der Waals surface area contributed by atoms with Crippen LogP contribution >= 0.6 is 11.6 Å². The Hall–Kier alpha value is -1.78. The van der Waals surface area contributed by atoms with Gasteiger partial charge in [0.2, 0.25) is 5.88 Å². The number of nitrogen functional groups attached to an aromatic ring is 1. The van der Waals surface area contributed by atoms with Gasteiger partial charge in [0.1, 0.15) is 11.6 Å². The Kier molecular flexibility index (Phi) is 3.46. The fraction of sp³-hybridized carbons (Fsp3) is 0.0833. The molecule has 0 amide bonds. The van der Waals surface area contributed by atoms with Crippen LogP contribution in [0, 0.1) is 6.92 Å². The van der Waals surface area contributed by atoms with Crippen LogP contribution in [0.15, 0.2) is 36.4 Å². The molecule has 2 rings (SSSR count). The highest BCUT2D eigenvalue weighted by Crippen LogP contribution is 2.27. The second-order valence-electron chi connectivity index (χ2n) is 3.52. The molecule has 3 N–H and O–H groups in total. The third-order valence-electron chi connectivity index (χ3n) is 2.24. The fourth-order valence-electron chi connectivity index (χ4n) is 1.35. The summed E-state index contributed by atoms with van der Waals surface area (Å²) in [4.78, 5) is 4.16. The molecule has 2 aromatic rings. The number of pyridine rings is 1. The number of hydrazine groups is 1. The van der Waals surface area contributed by atoms with Gasteiger partial charge >= 0.3 is 0 Å². The summed E-state index contributed by atoms with van der Waals surface area (Å²) in [7, 11) is 0. The van der Waals surface area contributed by atoms with Crippen molar-refractivity contribution in [3.8, 4) is 11.6 Å². The van der Waals surface area contributed by atoms with Crippen LogP contribution in [0.1, 0.15) is 5.56 Å². The predicted molar refractivity (Wildman–Crippen MR) is 68.3 cm³/mol. The van der Waals surface area contributed by atoms with Crippen molar-refractivity contribution >= 4 is 17.4 Å². The molecule has 0 saturated carbocycles. The first-order chi connectivity index (χ1) is 8.19. The molecule has 0 aliphatic rings. The Bertz CT molecular complexity index is 531. The van der Waals surface area contributed by atoms with E-state index in [-0.39, 0.29) is 0 Å². The Morgan fingerprint density at radius 1 is 1.29 bits per heavy atom. The van der Waals surface area contributed by atoms with Crippen LogP contribution in [0.25, 0.3) is 0 Å². The molecule has 0 spiro atoms. The molecular formula is C12H12ClN3O. The van der Waals surface area contributed by atoms with Crippen LogP contribution in [0.4, 0.5) is 5.82 Å². The number of nitrogens with zero attached hydrogens (tertiary/aromatic N) is 1. The first kappa shape index (κ1) is 11.7. The Morgan fingerprint density at radius 3 is 2.88 bits per heavy atom. The molecule has 0 saturated heterocycles. The summed E-state index contributed by atoms with van der Waals surface area (Å²) in [5, 5.41) is 0.624. The normalized spacial score (nSPS) is 10.1. The number of aromatic nitrogens is 1. The van der Waals surface area contributed by atoms with Crippen LogP contribution in [-0.4, -0.2) is 4.98 Å². The molecule has 88 valence electrons. The van der Waals surface area contributed by atoms with Gasteiger partial charge in [-0.1, -0.05) is 23.7 Å². The highest BCUT2D eigenvalue weighted by Gasteiger charge is 2.04. The van der Waals surface area contributed by atoms with E-state index < -0.39 is 0 Å². The van der Waals surface area contributed by atoms with E-state index in [1.165, 1.54) is 0 Å². The molecule has 0 bridgehead atoms. The van der Waals surface area contributed by atoms with Crippen molar-refractivity contribution in [1.29, 1.82) is 0 Å². The van der Waals surface area contributed by atoms with Crippen LogP contribution in [0.5, 0.6) is 11.6 Å². The molecule has 0 unspecified atom stereocenters. The monoisotopic (exact) mass is 249 g/mol. The zero-order valence-electron chi connectivity index (χ0n) is 9.27. The van der Waals surface area contributed by atoms with Gasteiger partial charge in [-0.3, -0.25) is 0 Å². The minimum atomic E-state index is 0.464. The van der Waals surface area contributed by atoms with Gasteiger partial charge in [0, 0.05) is 11.1 Å². The van der Waals surface area contributed by atoms with Crippen molar-refractivity contribution in [1.82, 2.24) is 4.98 Å². The second-order valence-corrected chi connectivity index (χ2v) is 3.95. The molecule has 0 fully saturated rings. The number of hydrogen-bond donors (Lipinski definition) is 2. The Labute approximate surface area is 104 Å². The largest absolute Gasteiger partial charge is 0.439 e. The third-order valence-corrected chi connectivity index (χ3v) is 2.47. The zero-order chi connectivity index (χ0) is 12.3. The molecule has 0 aliphatic heterocycles. The lowest BCUT2D eigenvalue weighted by Crippen LogP contribution is -2.08. The number of halogens is 1. The molecule has 1 aromatic heterocycles. The van der Waals surface area contributed by atoms with E-state index in [9.17, 15) is 0 Å². The van der Waals surface area contributed by atoms with Crippen LogP contribution in [0.3, 0.4) is 0 Å². The summed E-state index contributed by atoms with van der Waals surface area (Å²) in [5.41, 5.74) is 3.45. The SMILES string of the molecule is Cc1ccc(Cl)cc1Oc1cccc(NN)n1. The van der Waals surface area contributed by atoms with Crippen molar-refractivity contribution in [3.63, 3.8) is 0 Å². The summed E-state index contributed by atoms with van der Waals surface area (Å²) in [6.45, 7) is 1.94. The molecule has 0 atom stereocenters. The molecule has 5 heteroatoms. The number of hydrogen-bond acceptors (Lipinski definition) is 4. The standard InChI is InChI=1S/C12H12ClN3O/c1-8-5-6-9(13)7-10(8)17-12-4-2-3-11(15-12)16-14/h2-7H,14H2,1H3,(H,15,16). The van der Waals surface area contributed by atoms with Gasteiger partial charge in [0.15, 0.2) is 0 Å². The average Bonchev–Trinajstić information content (AvgIpc) is 2.34. The Balaban J connectivity index is 2.27. The number of nitrogens with two attached hydrogens (primary N) is 1. The lowest BCUT2D eigenvalue weighted by Gasteiger charge is -2.09. The van der Waals surface area contributed by atoms with Gasteiger partial charge < -0.3 is 10.2 Å². The number of ether oxygens (including phenoxy) is 1. The maximum absolute atomic E-state index is 5.91.